The number of hydrazone groups is 1. The Kier molecular flexibility index (Phi) is 4.68. The monoisotopic (exact) mass is 370 g/mol. The van der Waals surface area contributed by atoms with E-state index in [-0.39, 0.29) is 11.3 Å². The molecule has 0 unspecified atom stereocenters. The van der Waals surface area contributed by atoms with E-state index in [4.69, 9.17) is 0 Å². The highest BCUT2D eigenvalue weighted by Gasteiger charge is 2.15. The summed E-state index contributed by atoms with van der Waals surface area (Å²) in [4.78, 5) is 25.0. The minimum absolute atomic E-state index is 0.174. The van der Waals surface area contributed by atoms with Crippen LogP contribution < -0.4 is 11.0 Å². The number of benzene rings is 3. The third kappa shape index (κ3) is 3.27. The molecule has 0 fully saturated rings. The van der Waals surface area contributed by atoms with Gasteiger partial charge in [0.25, 0.3) is 11.5 Å². The summed E-state index contributed by atoms with van der Waals surface area (Å²) in [5.41, 5.74) is 3.34. The van der Waals surface area contributed by atoms with Crippen LogP contribution >= 0.6 is 0 Å². The van der Waals surface area contributed by atoms with Crippen LogP contribution in [0, 0.1) is 0 Å². The topological polar surface area (TPSA) is 76.3 Å². The van der Waals surface area contributed by atoms with Gasteiger partial charge in [-0.3, -0.25) is 9.59 Å². The number of hydrogen-bond acceptors (Lipinski definition) is 4. The number of carbonyl (C=O) groups is 1. The smallest absolute Gasteiger partial charge is 0.267 e. The summed E-state index contributed by atoms with van der Waals surface area (Å²) >= 11 is 0. The summed E-state index contributed by atoms with van der Waals surface area (Å²) in [6.07, 6.45) is 1.59. The number of amides is 1. The molecule has 138 valence electrons. The van der Waals surface area contributed by atoms with E-state index < -0.39 is 5.91 Å². The largest absolute Gasteiger partial charge is 0.292 e. The third-order valence-electron chi connectivity index (χ3n) is 4.54. The molecule has 0 aliphatic carbocycles. The zero-order valence-electron chi connectivity index (χ0n) is 15.3. The van der Waals surface area contributed by atoms with Gasteiger partial charge in [-0.2, -0.15) is 10.2 Å². The number of nitrogens with zero attached hydrogens (tertiary/aromatic N) is 3. The maximum atomic E-state index is 12.6. The zero-order valence-corrected chi connectivity index (χ0v) is 15.3. The number of aromatic nitrogens is 2. The van der Waals surface area contributed by atoms with E-state index in [9.17, 15) is 9.59 Å². The molecular weight excluding hydrogens is 352 g/mol. The Bertz CT molecular complexity index is 1270. The number of rotatable bonds is 4. The van der Waals surface area contributed by atoms with Crippen LogP contribution in [0.4, 0.5) is 0 Å². The summed E-state index contributed by atoms with van der Waals surface area (Å²) in [6.45, 7) is 2.19. The van der Waals surface area contributed by atoms with E-state index in [0.717, 1.165) is 16.3 Å². The van der Waals surface area contributed by atoms with E-state index >= 15 is 0 Å². The quantitative estimate of drug-likeness (QED) is 0.442. The van der Waals surface area contributed by atoms with E-state index in [1.807, 2.05) is 49.4 Å². The fraction of sp³-hybridized carbons (Fsp3) is 0.0909. The maximum absolute atomic E-state index is 12.6. The van der Waals surface area contributed by atoms with Crippen LogP contribution in [-0.2, 0) is 6.54 Å². The van der Waals surface area contributed by atoms with Crippen molar-refractivity contribution in [1.29, 1.82) is 0 Å². The minimum Gasteiger partial charge on any atom is -0.267 e. The molecule has 1 aromatic heterocycles. The lowest BCUT2D eigenvalue weighted by atomic mass is 10.1. The van der Waals surface area contributed by atoms with Crippen LogP contribution in [0.15, 0.2) is 76.6 Å². The van der Waals surface area contributed by atoms with Gasteiger partial charge in [0.15, 0.2) is 5.69 Å². The van der Waals surface area contributed by atoms with E-state index in [1.54, 1.807) is 30.5 Å². The van der Waals surface area contributed by atoms with Crippen molar-refractivity contribution in [3.05, 3.63) is 88.3 Å². The van der Waals surface area contributed by atoms with Gasteiger partial charge >= 0.3 is 0 Å². The standard InChI is InChI=1S/C22H18N4O2/c1-2-26-22(28)19-10-6-5-9-18(19)20(25-26)21(27)24-23-14-15-11-12-16-7-3-4-8-17(16)13-15/h3-14H,2H2,1H3,(H,24,27)/b23-14+. The van der Waals surface area contributed by atoms with Crippen molar-refractivity contribution in [2.75, 3.05) is 0 Å². The van der Waals surface area contributed by atoms with Crippen molar-refractivity contribution in [1.82, 2.24) is 15.2 Å². The summed E-state index contributed by atoms with van der Waals surface area (Å²) in [6, 6.07) is 20.9. The molecule has 0 bridgehead atoms. The minimum atomic E-state index is -0.463. The van der Waals surface area contributed by atoms with Crippen molar-refractivity contribution in [3.63, 3.8) is 0 Å². The van der Waals surface area contributed by atoms with Gasteiger partial charge in [0.1, 0.15) is 0 Å². The lowest BCUT2D eigenvalue weighted by Gasteiger charge is -2.08. The molecule has 0 aliphatic rings. The van der Waals surface area contributed by atoms with E-state index in [0.29, 0.717) is 17.3 Å². The van der Waals surface area contributed by atoms with Crippen molar-refractivity contribution >= 4 is 33.7 Å². The van der Waals surface area contributed by atoms with Crippen LogP contribution in [0.2, 0.25) is 0 Å². The molecule has 1 heterocycles. The average molecular weight is 370 g/mol. The lowest BCUT2D eigenvalue weighted by Crippen LogP contribution is -2.28. The highest BCUT2D eigenvalue weighted by Crippen LogP contribution is 2.15. The Morgan fingerprint density at radius 3 is 2.54 bits per heavy atom. The van der Waals surface area contributed by atoms with Gasteiger partial charge in [-0.15, -0.1) is 0 Å². The van der Waals surface area contributed by atoms with Crippen LogP contribution in [0.1, 0.15) is 23.0 Å². The first kappa shape index (κ1) is 17.6. The second-order valence-corrected chi connectivity index (χ2v) is 6.32. The molecule has 3 aromatic carbocycles. The van der Waals surface area contributed by atoms with Crippen molar-refractivity contribution in [2.24, 2.45) is 5.10 Å². The fourth-order valence-electron chi connectivity index (χ4n) is 3.12. The molecule has 0 radical (unpaired) electrons. The van der Waals surface area contributed by atoms with Crippen LogP contribution in [0.25, 0.3) is 21.5 Å². The SMILES string of the molecule is CCn1nc(C(=O)N/N=C/c2ccc3ccccc3c2)c2ccccc2c1=O. The molecule has 0 saturated carbocycles. The van der Waals surface area contributed by atoms with Crippen LogP contribution in [0.5, 0.6) is 0 Å². The number of carbonyl (C=O) groups excluding carboxylic acids is 1. The lowest BCUT2D eigenvalue weighted by molar-refractivity contribution is 0.0949. The second-order valence-electron chi connectivity index (χ2n) is 6.32. The molecule has 1 N–H and O–H groups in total. The Balaban J connectivity index is 1.62. The Morgan fingerprint density at radius 1 is 1.04 bits per heavy atom. The molecule has 4 rings (SSSR count). The maximum Gasteiger partial charge on any atom is 0.292 e. The van der Waals surface area contributed by atoms with E-state index in [2.05, 4.69) is 15.6 Å². The van der Waals surface area contributed by atoms with Crippen molar-refractivity contribution in [2.45, 2.75) is 13.5 Å². The molecule has 0 aliphatic heterocycles. The molecule has 28 heavy (non-hydrogen) atoms. The van der Waals surface area contributed by atoms with Gasteiger partial charge in [-0.25, -0.2) is 10.1 Å². The van der Waals surface area contributed by atoms with Crippen LogP contribution in [-0.4, -0.2) is 21.9 Å². The first-order valence-electron chi connectivity index (χ1n) is 8.99. The predicted molar refractivity (Wildman–Crippen MR) is 111 cm³/mol. The molecule has 0 saturated heterocycles. The molecule has 0 atom stereocenters. The predicted octanol–water partition coefficient (Wildman–Crippen LogP) is 3.33. The normalized spacial score (nSPS) is 11.3. The first-order chi connectivity index (χ1) is 13.7. The highest BCUT2D eigenvalue weighted by molar-refractivity contribution is 6.05. The Hall–Kier alpha value is -3.80. The number of nitrogens with one attached hydrogen (secondary N) is 1. The molecule has 4 aromatic rings. The number of fused-ring (bicyclic) bond motifs is 2. The Labute approximate surface area is 161 Å². The summed E-state index contributed by atoms with van der Waals surface area (Å²) < 4.78 is 1.28. The van der Waals surface area contributed by atoms with Gasteiger partial charge in [0, 0.05) is 11.9 Å². The van der Waals surface area contributed by atoms with Gasteiger partial charge in [-0.1, -0.05) is 54.6 Å². The fourth-order valence-corrected chi connectivity index (χ4v) is 3.12. The summed E-state index contributed by atoms with van der Waals surface area (Å²) in [5, 5.41) is 11.5. The molecule has 1 amide bonds. The molecule has 0 spiro atoms. The second kappa shape index (κ2) is 7.44. The number of hydrogen-bond donors (Lipinski definition) is 1. The third-order valence-corrected chi connectivity index (χ3v) is 4.54. The van der Waals surface area contributed by atoms with E-state index in [1.165, 1.54) is 4.68 Å². The van der Waals surface area contributed by atoms with Gasteiger partial charge in [0.05, 0.1) is 11.6 Å². The number of aryl methyl sites for hydroxylation is 1. The van der Waals surface area contributed by atoms with Crippen molar-refractivity contribution in [3.8, 4) is 0 Å². The van der Waals surface area contributed by atoms with Gasteiger partial charge < -0.3 is 0 Å². The van der Waals surface area contributed by atoms with Gasteiger partial charge in [-0.05, 0) is 35.4 Å². The first-order valence-corrected chi connectivity index (χ1v) is 8.99. The Morgan fingerprint density at radius 2 is 1.75 bits per heavy atom. The molecule has 6 heteroatoms. The molecule has 6 nitrogen and oxygen atoms in total. The van der Waals surface area contributed by atoms with Crippen LogP contribution in [0.3, 0.4) is 0 Å². The van der Waals surface area contributed by atoms with Crippen molar-refractivity contribution < 1.29 is 4.79 Å². The highest BCUT2D eigenvalue weighted by atomic mass is 16.2. The average Bonchev–Trinajstić information content (AvgIpc) is 2.74. The summed E-state index contributed by atoms with van der Waals surface area (Å²) in [7, 11) is 0. The zero-order chi connectivity index (χ0) is 19.5. The van der Waals surface area contributed by atoms with Gasteiger partial charge in [0.2, 0.25) is 0 Å². The molecular formula is C22H18N4O2. The summed E-state index contributed by atoms with van der Waals surface area (Å²) in [5.74, 6) is -0.463.